The van der Waals surface area contributed by atoms with E-state index in [0.29, 0.717) is 5.02 Å². The van der Waals surface area contributed by atoms with Crippen molar-refractivity contribution in [2.75, 3.05) is 6.61 Å². The standard InChI is InChI=1S/C16H16Cl3N3O5/c1-15(2,7-26-13(23)12(18)19)14(24)16(25,22-9-20-8-21-22)27-11-5-3-10(17)4-6-11/h3-6,8-9,12,25H,7H2,1-2H3. The molecule has 1 unspecified atom stereocenters. The maximum Gasteiger partial charge on any atom is 0.376 e. The number of ketones is 1. The van der Waals surface area contributed by atoms with E-state index in [0.717, 1.165) is 17.3 Å². The van der Waals surface area contributed by atoms with Crippen LogP contribution in [0.5, 0.6) is 5.75 Å². The number of aromatic nitrogens is 3. The Balaban J connectivity index is 2.31. The van der Waals surface area contributed by atoms with Crippen LogP contribution in [0.25, 0.3) is 0 Å². The van der Waals surface area contributed by atoms with Gasteiger partial charge in [-0.3, -0.25) is 4.79 Å². The van der Waals surface area contributed by atoms with Gasteiger partial charge in [-0.05, 0) is 38.1 Å². The number of esters is 1. The predicted octanol–water partition coefficient (Wildman–Crippen LogP) is 2.56. The molecular formula is C16H16Cl3N3O5. The molecule has 0 spiro atoms. The number of hydrogen-bond acceptors (Lipinski definition) is 7. The van der Waals surface area contributed by atoms with Crippen molar-refractivity contribution in [1.82, 2.24) is 14.8 Å². The second kappa shape index (κ2) is 8.43. The number of rotatable bonds is 8. The van der Waals surface area contributed by atoms with Crippen LogP contribution in [-0.2, 0) is 20.2 Å². The number of aliphatic hydroxyl groups is 1. The van der Waals surface area contributed by atoms with Gasteiger partial charge in [-0.15, -0.1) is 0 Å². The highest BCUT2D eigenvalue weighted by Gasteiger charge is 2.50. The molecule has 1 N–H and O–H groups in total. The first-order valence-corrected chi connectivity index (χ1v) is 8.83. The van der Waals surface area contributed by atoms with Crippen LogP contribution in [-0.4, -0.2) is 43.1 Å². The van der Waals surface area contributed by atoms with E-state index in [1.54, 1.807) is 0 Å². The van der Waals surface area contributed by atoms with Crippen molar-refractivity contribution < 1.29 is 24.2 Å². The number of Topliss-reactive ketones (excluding diaryl/α,β-unsaturated/α-hetero) is 1. The molecule has 0 bridgehead atoms. The van der Waals surface area contributed by atoms with Crippen LogP contribution in [0.4, 0.5) is 0 Å². The van der Waals surface area contributed by atoms with Crippen molar-refractivity contribution in [3.05, 3.63) is 41.9 Å². The summed E-state index contributed by atoms with van der Waals surface area (Å²) in [4.78, 5) is 26.9. The van der Waals surface area contributed by atoms with E-state index in [9.17, 15) is 14.7 Å². The highest BCUT2D eigenvalue weighted by atomic mass is 35.5. The zero-order valence-corrected chi connectivity index (χ0v) is 16.6. The largest absolute Gasteiger partial charge is 0.463 e. The van der Waals surface area contributed by atoms with Crippen LogP contribution in [0, 0.1) is 5.41 Å². The number of halogens is 3. The third kappa shape index (κ3) is 5.10. The fraction of sp³-hybridized carbons (Fsp3) is 0.375. The number of hydrogen-bond donors (Lipinski definition) is 1. The van der Waals surface area contributed by atoms with E-state index < -0.39 is 34.5 Å². The smallest absolute Gasteiger partial charge is 0.376 e. The van der Waals surface area contributed by atoms with Gasteiger partial charge in [-0.1, -0.05) is 34.8 Å². The van der Waals surface area contributed by atoms with E-state index in [4.69, 9.17) is 44.3 Å². The summed E-state index contributed by atoms with van der Waals surface area (Å²) < 4.78 is 11.3. The summed E-state index contributed by atoms with van der Waals surface area (Å²) in [5.41, 5.74) is -1.38. The number of carbonyl (C=O) groups is 2. The molecule has 1 aromatic heterocycles. The van der Waals surface area contributed by atoms with E-state index in [1.165, 1.54) is 38.1 Å². The van der Waals surface area contributed by atoms with Gasteiger partial charge in [0.15, 0.2) is 0 Å². The quantitative estimate of drug-likeness (QED) is 0.385. The van der Waals surface area contributed by atoms with Crippen molar-refractivity contribution in [2.45, 2.75) is 24.6 Å². The summed E-state index contributed by atoms with van der Waals surface area (Å²) in [6.07, 6.45) is 2.24. The van der Waals surface area contributed by atoms with E-state index in [1.807, 2.05) is 0 Å². The average molecular weight is 437 g/mol. The average Bonchev–Trinajstić information content (AvgIpc) is 3.16. The third-order valence-electron chi connectivity index (χ3n) is 3.47. The Labute approximate surface area is 169 Å². The number of benzene rings is 1. The zero-order chi connectivity index (χ0) is 20.2. The summed E-state index contributed by atoms with van der Waals surface area (Å²) >= 11 is 16.7. The SMILES string of the molecule is CC(C)(COC(=O)C(Cl)Cl)C(=O)C(O)(Oc1ccc(Cl)cc1)n1cncn1. The third-order valence-corrected chi connectivity index (χ3v) is 4.08. The maximum absolute atomic E-state index is 13.1. The van der Waals surface area contributed by atoms with E-state index in [-0.39, 0.29) is 5.75 Å². The normalized spacial score (nSPS) is 13.9. The second-order valence-corrected chi connectivity index (χ2v) is 7.66. The minimum atomic E-state index is -2.55. The molecule has 1 aromatic carbocycles. The Hall–Kier alpha value is -1.87. The molecule has 8 nitrogen and oxygen atoms in total. The fourth-order valence-electron chi connectivity index (χ4n) is 2.05. The number of alkyl halides is 2. The lowest BCUT2D eigenvalue weighted by atomic mass is 9.86. The molecule has 0 saturated heterocycles. The van der Waals surface area contributed by atoms with E-state index >= 15 is 0 Å². The summed E-state index contributed by atoms with van der Waals surface area (Å²) in [6.45, 7) is 2.50. The monoisotopic (exact) mass is 435 g/mol. The minimum Gasteiger partial charge on any atom is -0.463 e. The highest BCUT2D eigenvalue weighted by molar-refractivity contribution is 6.52. The van der Waals surface area contributed by atoms with Crippen LogP contribution in [0.1, 0.15) is 13.8 Å². The molecular weight excluding hydrogens is 421 g/mol. The maximum atomic E-state index is 13.1. The molecule has 1 atom stereocenters. The first kappa shape index (κ1) is 21.4. The lowest BCUT2D eigenvalue weighted by molar-refractivity contribution is -0.222. The Morgan fingerprint density at radius 1 is 1.26 bits per heavy atom. The van der Waals surface area contributed by atoms with Gasteiger partial charge >= 0.3 is 11.9 Å². The molecule has 0 fully saturated rings. The number of nitrogens with zero attached hydrogens (tertiary/aromatic N) is 3. The van der Waals surface area contributed by atoms with Crippen molar-refractivity contribution in [2.24, 2.45) is 5.41 Å². The van der Waals surface area contributed by atoms with Crippen LogP contribution in [0.2, 0.25) is 5.02 Å². The summed E-state index contributed by atoms with van der Waals surface area (Å²) in [7, 11) is 0. The van der Waals surface area contributed by atoms with Crippen LogP contribution in [0.3, 0.4) is 0 Å². The van der Waals surface area contributed by atoms with Crippen LogP contribution < -0.4 is 4.74 Å². The molecule has 27 heavy (non-hydrogen) atoms. The van der Waals surface area contributed by atoms with Gasteiger partial charge < -0.3 is 14.6 Å². The van der Waals surface area contributed by atoms with Crippen LogP contribution >= 0.6 is 34.8 Å². The predicted molar refractivity (Wildman–Crippen MR) is 97.5 cm³/mol. The van der Waals surface area contributed by atoms with Gasteiger partial charge in [-0.25, -0.2) is 9.78 Å². The molecule has 2 aromatic rings. The molecule has 0 aliphatic carbocycles. The Morgan fingerprint density at radius 2 is 1.89 bits per heavy atom. The highest BCUT2D eigenvalue weighted by Crippen LogP contribution is 2.31. The molecule has 0 aliphatic heterocycles. The van der Waals surface area contributed by atoms with Gasteiger partial charge in [0, 0.05) is 5.02 Å². The summed E-state index contributed by atoms with van der Waals surface area (Å²) in [5, 5.41) is 15.3. The fourth-order valence-corrected chi connectivity index (χ4v) is 2.30. The van der Waals surface area contributed by atoms with Gasteiger partial charge in [-0.2, -0.15) is 9.78 Å². The molecule has 2 rings (SSSR count). The Kier molecular flexibility index (Phi) is 6.69. The van der Waals surface area contributed by atoms with Gasteiger partial charge in [0.25, 0.3) is 0 Å². The molecule has 0 amide bonds. The van der Waals surface area contributed by atoms with E-state index in [2.05, 4.69) is 10.1 Å². The second-order valence-electron chi connectivity index (χ2n) is 6.13. The van der Waals surface area contributed by atoms with Gasteiger partial charge in [0.1, 0.15) is 25.0 Å². The lowest BCUT2D eigenvalue weighted by Gasteiger charge is -2.33. The molecule has 0 saturated carbocycles. The first-order chi connectivity index (χ1) is 12.6. The lowest BCUT2D eigenvalue weighted by Crippen LogP contribution is -2.54. The molecule has 0 radical (unpaired) electrons. The zero-order valence-electron chi connectivity index (χ0n) is 14.3. The first-order valence-electron chi connectivity index (χ1n) is 7.58. The summed E-state index contributed by atoms with van der Waals surface area (Å²) in [5.74, 6) is -4.16. The van der Waals surface area contributed by atoms with Crippen molar-refractivity contribution in [3.63, 3.8) is 0 Å². The minimum absolute atomic E-state index is 0.153. The molecule has 0 aliphatic rings. The Morgan fingerprint density at radius 3 is 2.41 bits per heavy atom. The number of ether oxygens (including phenoxy) is 2. The number of carbonyl (C=O) groups excluding carboxylic acids is 2. The Bertz CT molecular complexity index is 796. The van der Waals surface area contributed by atoms with Gasteiger partial charge in [0.05, 0.1) is 5.41 Å². The van der Waals surface area contributed by atoms with Crippen molar-refractivity contribution >= 4 is 46.6 Å². The topological polar surface area (TPSA) is 104 Å². The van der Waals surface area contributed by atoms with Crippen molar-refractivity contribution in [3.8, 4) is 5.75 Å². The molecule has 11 heteroatoms. The van der Waals surface area contributed by atoms with Crippen LogP contribution in [0.15, 0.2) is 36.9 Å². The summed E-state index contributed by atoms with van der Waals surface area (Å²) in [6, 6.07) is 5.99. The van der Waals surface area contributed by atoms with Gasteiger partial charge in [0.2, 0.25) is 10.6 Å². The molecule has 1 heterocycles. The molecule has 146 valence electrons. The van der Waals surface area contributed by atoms with Crippen molar-refractivity contribution in [1.29, 1.82) is 0 Å².